The number of rotatable bonds is 5. The Bertz CT molecular complexity index is 746. The SMILES string of the molecule is O=S1(=O)CCC(CN=C(NC2CC2)NC2CCN(c3ccccc3)C2)C1. The lowest BCUT2D eigenvalue weighted by Gasteiger charge is -2.21. The molecule has 7 heteroatoms. The van der Waals surface area contributed by atoms with Crippen LogP contribution in [0.5, 0.6) is 0 Å². The third kappa shape index (κ3) is 4.69. The highest BCUT2D eigenvalue weighted by atomic mass is 32.2. The van der Waals surface area contributed by atoms with Crippen LogP contribution in [0.4, 0.5) is 5.69 Å². The monoisotopic (exact) mass is 376 g/mol. The van der Waals surface area contributed by atoms with Gasteiger partial charge in [0.2, 0.25) is 0 Å². The third-order valence-electron chi connectivity index (χ3n) is 5.40. The van der Waals surface area contributed by atoms with Gasteiger partial charge >= 0.3 is 0 Å². The van der Waals surface area contributed by atoms with Crippen LogP contribution in [-0.4, -0.2) is 57.6 Å². The second-order valence-electron chi connectivity index (χ2n) is 7.79. The Hall–Kier alpha value is -1.76. The summed E-state index contributed by atoms with van der Waals surface area (Å²) in [5, 5.41) is 7.07. The number of guanidine groups is 1. The molecule has 3 fully saturated rings. The Labute approximate surface area is 156 Å². The van der Waals surface area contributed by atoms with Crippen LogP contribution in [0.2, 0.25) is 0 Å². The maximum atomic E-state index is 11.6. The molecule has 0 radical (unpaired) electrons. The molecule has 26 heavy (non-hydrogen) atoms. The fourth-order valence-electron chi connectivity index (χ4n) is 3.74. The molecule has 0 spiro atoms. The van der Waals surface area contributed by atoms with E-state index in [-0.39, 0.29) is 5.92 Å². The predicted octanol–water partition coefficient (Wildman–Crippen LogP) is 1.40. The summed E-state index contributed by atoms with van der Waals surface area (Å²) < 4.78 is 23.3. The molecule has 2 heterocycles. The lowest BCUT2D eigenvalue weighted by molar-refractivity contribution is 0.585. The minimum absolute atomic E-state index is 0.169. The first-order valence-electron chi connectivity index (χ1n) is 9.65. The molecule has 6 nitrogen and oxygen atoms in total. The van der Waals surface area contributed by atoms with Crippen LogP contribution in [0, 0.1) is 5.92 Å². The van der Waals surface area contributed by atoms with Crippen LogP contribution in [-0.2, 0) is 9.84 Å². The molecule has 2 atom stereocenters. The molecule has 4 rings (SSSR count). The maximum Gasteiger partial charge on any atom is 0.191 e. The number of hydrogen-bond donors (Lipinski definition) is 2. The van der Waals surface area contributed by atoms with E-state index < -0.39 is 9.84 Å². The van der Waals surface area contributed by atoms with Crippen molar-refractivity contribution in [3.8, 4) is 0 Å². The third-order valence-corrected chi connectivity index (χ3v) is 7.24. The summed E-state index contributed by atoms with van der Waals surface area (Å²) in [6.45, 7) is 2.60. The van der Waals surface area contributed by atoms with Gasteiger partial charge in [-0.25, -0.2) is 8.42 Å². The van der Waals surface area contributed by atoms with Crippen LogP contribution in [0.25, 0.3) is 0 Å². The summed E-state index contributed by atoms with van der Waals surface area (Å²) >= 11 is 0. The molecule has 1 saturated carbocycles. The number of para-hydroxylation sites is 1. The maximum absolute atomic E-state index is 11.6. The highest BCUT2D eigenvalue weighted by Crippen LogP contribution is 2.22. The molecule has 1 aromatic rings. The number of nitrogens with zero attached hydrogens (tertiary/aromatic N) is 2. The normalized spacial score (nSPS) is 28.3. The molecule has 0 bridgehead atoms. The first-order valence-corrected chi connectivity index (χ1v) is 11.5. The van der Waals surface area contributed by atoms with E-state index in [0.717, 1.165) is 31.9 Å². The quantitative estimate of drug-likeness (QED) is 0.600. The standard InChI is InChI=1S/C19H28N4O2S/c24-26(25)11-9-15(14-26)12-20-19(21-16-6-7-16)22-17-8-10-23(13-17)18-4-2-1-3-5-18/h1-5,15-17H,6-14H2,(H2,20,21,22). The highest BCUT2D eigenvalue weighted by molar-refractivity contribution is 7.91. The van der Waals surface area contributed by atoms with Crippen molar-refractivity contribution in [2.24, 2.45) is 10.9 Å². The van der Waals surface area contributed by atoms with E-state index in [0.29, 0.717) is 30.1 Å². The zero-order chi connectivity index (χ0) is 18.0. The molecule has 0 amide bonds. The molecule has 2 aliphatic heterocycles. The van der Waals surface area contributed by atoms with Crippen LogP contribution in [0.15, 0.2) is 35.3 Å². The molecule has 1 aliphatic carbocycles. The van der Waals surface area contributed by atoms with Crippen molar-refractivity contribution in [2.45, 2.75) is 37.8 Å². The summed E-state index contributed by atoms with van der Waals surface area (Å²) in [5.74, 6) is 1.64. The summed E-state index contributed by atoms with van der Waals surface area (Å²) in [4.78, 5) is 7.12. The lowest BCUT2D eigenvalue weighted by Crippen LogP contribution is -2.45. The van der Waals surface area contributed by atoms with Crippen molar-refractivity contribution < 1.29 is 8.42 Å². The van der Waals surface area contributed by atoms with Gasteiger partial charge in [-0.05, 0) is 43.7 Å². The van der Waals surface area contributed by atoms with Crippen molar-refractivity contribution in [1.82, 2.24) is 10.6 Å². The Morgan fingerprint density at radius 1 is 1.08 bits per heavy atom. The van der Waals surface area contributed by atoms with Crippen LogP contribution in [0.1, 0.15) is 25.7 Å². The average molecular weight is 377 g/mol. The minimum Gasteiger partial charge on any atom is -0.369 e. The first-order chi connectivity index (χ1) is 12.6. The van der Waals surface area contributed by atoms with Crippen LogP contribution < -0.4 is 15.5 Å². The number of benzene rings is 1. The minimum atomic E-state index is -2.83. The van der Waals surface area contributed by atoms with Gasteiger partial charge in [-0.15, -0.1) is 0 Å². The van der Waals surface area contributed by atoms with Gasteiger partial charge in [0, 0.05) is 37.4 Å². The topological polar surface area (TPSA) is 73.8 Å². The number of sulfone groups is 1. The molecule has 2 saturated heterocycles. The smallest absolute Gasteiger partial charge is 0.191 e. The summed E-state index contributed by atoms with van der Waals surface area (Å²) in [5.41, 5.74) is 1.27. The second kappa shape index (κ2) is 7.47. The van der Waals surface area contributed by atoms with Gasteiger partial charge < -0.3 is 15.5 Å². The fraction of sp³-hybridized carbons (Fsp3) is 0.632. The van der Waals surface area contributed by atoms with E-state index >= 15 is 0 Å². The highest BCUT2D eigenvalue weighted by Gasteiger charge is 2.29. The van der Waals surface area contributed by atoms with E-state index in [1.807, 2.05) is 6.07 Å². The Morgan fingerprint density at radius 2 is 1.85 bits per heavy atom. The van der Waals surface area contributed by atoms with E-state index in [2.05, 4.69) is 39.8 Å². The van der Waals surface area contributed by atoms with Crippen molar-refractivity contribution in [1.29, 1.82) is 0 Å². The Morgan fingerprint density at radius 3 is 2.54 bits per heavy atom. The number of aliphatic imine (C=N–C) groups is 1. The molecule has 142 valence electrons. The van der Waals surface area contributed by atoms with Gasteiger partial charge in [0.1, 0.15) is 0 Å². The van der Waals surface area contributed by atoms with E-state index in [1.54, 1.807) is 0 Å². The van der Waals surface area contributed by atoms with Crippen LogP contribution in [0.3, 0.4) is 0 Å². The molecule has 2 N–H and O–H groups in total. The molecule has 2 unspecified atom stereocenters. The predicted molar refractivity (Wildman–Crippen MR) is 105 cm³/mol. The van der Waals surface area contributed by atoms with Gasteiger partial charge in [0.05, 0.1) is 11.5 Å². The molecule has 0 aromatic heterocycles. The summed E-state index contributed by atoms with van der Waals surface area (Å²) in [6, 6.07) is 11.4. The molecular weight excluding hydrogens is 348 g/mol. The zero-order valence-corrected chi connectivity index (χ0v) is 15.9. The summed E-state index contributed by atoms with van der Waals surface area (Å²) in [6.07, 6.45) is 4.21. The fourth-order valence-corrected chi connectivity index (χ4v) is 5.58. The van der Waals surface area contributed by atoms with Gasteiger partial charge in [-0.1, -0.05) is 18.2 Å². The summed E-state index contributed by atoms with van der Waals surface area (Å²) in [7, 11) is -2.83. The molecule has 1 aromatic carbocycles. The van der Waals surface area contributed by atoms with E-state index in [9.17, 15) is 8.42 Å². The second-order valence-corrected chi connectivity index (χ2v) is 10.0. The molecule has 3 aliphatic rings. The Balaban J connectivity index is 1.34. The van der Waals surface area contributed by atoms with E-state index in [4.69, 9.17) is 4.99 Å². The van der Waals surface area contributed by atoms with Crippen LogP contribution >= 0.6 is 0 Å². The number of hydrogen-bond acceptors (Lipinski definition) is 4. The van der Waals surface area contributed by atoms with Gasteiger partial charge in [-0.2, -0.15) is 0 Å². The van der Waals surface area contributed by atoms with Gasteiger partial charge in [0.15, 0.2) is 15.8 Å². The number of nitrogens with one attached hydrogen (secondary N) is 2. The van der Waals surface area contributed by atoms with Crippen molar-refractivity contribution >= 4 is 21.5 Å². The first kappa shape index (κ1) is 17.6. The van der Waals surface area contributed by atoms with E-state index in [1.165, 1.54) is 18.5 Å². The average Bonchev–Trinajstić information content (AvgIpc) is 3.20. The largest absolute Gasteiger partial charge is 0.369 e. The van der Waals surface area contributed by atoms with Crippen molar-refractivity contribution in [3.05, 3.63) is 30.3 Å². The molecular formula is C19H28N4O2S. The lowest BCUT2D eigenvalue weighted by atomic mass is 10.1. The van der Waals surface area contributed by atoms with Crippen molar-refractivity contribution in [2.75, 3.05) is 36.0 Å². The number of anilines is 1. The zero-order valence-electron chi connectivity index (χ0n) is 15.1. The van der Waals surface area contributed by atoms with Gasteiger partial charge in [0.25, 0.3) is 0 Å². The Kier molecular flexibility index (Phi) is 5.07. The van der Waals surface area contributed by atoms with Crippen molar-refractivity contribution in [3.63, 3.8) is 0 Å². The van der Waals surface area contributed by atoms with Gasteiger partial charge in [-0.3, -0.25) is 4.99 Å².